The van der Waals surface area contributed by atoms with Crippen molar-refractivity contribution in [1.82, 2.24) is 5.32 Å². The molecule has 2 aromatic rings. The second kappa shape index (κ2) is 13.3. The Morgan fingerprint density at radius 3 is 1.97 bits per heavy atom. The van der Waals surface area contributed by atoms with Crippen LogP contribution in [-0.4, -0.2) is 7.05 Å². The third kappa shape index (κ3) is 7.57. The molecule has 1 aliphatic carbocycles. The first-order valence-corrected chi connectivity index (χ1v) is 13.1. The third-order valence-corrected chi connectivity index (χ3v) is 8.03. The molecule has 0 saturated heterocycles. The summed E-state index contributed by atoms with van der Waals surface area (Å²) in [6.07, 6.45) is 3.39. The molecule has 2 aromatic carbocycles. The Morgan fingerprint density at radius 2 is 1.56 bits per heavy atom. The number of nitrogens with one attached hydrogen (secondary N) is 1. The molecule has 0 aromatic heterocycles. The van der Waals surface area contributed by atoms with Crippen molar-refractivity contribution in [3.63, 3.8) is 0 Å². The minimum absolute atomic E-state index is 0.0481. The number of benzene rings is 2. The van der Waals surface area contributed by atoms with Crippen LogP contribution in [0.3, 0.4) is 0 Å². The van der Waals surface area contributed by atoms with Gasteiger partial charge >= 0.3 is 0 Å². The first kappa shape index (κ1) is 30.2. The van der Waals surface area contributed by atoms with E-state index in [1.54, 1.807) is 0 Å². The molecule has 1 unspecified atom stereocenters. The molecule has 0 bridgehead atoms. The minimum Gasteiger partial charge on any atom is -0.489 e. The molecule has 1 N–H and O–H groups in total. The molecule has 0 heterocycles. The first-order chi connectivity index (χ1) is 16.0. The summed E-state index contributed by atoms with van der Waals surface area (Å²) in [4.78, 5) is 0. The fourth-order valence-electron chi connectivity index (χ4n) is 4.05. The molecule has 0 radical (unpaired) electrons. The molecular weight excluding hydrogens is 421 g/mol. The summed E-state index contributed by atoms with van der Waals surface area (Å²) in [5.41, 5.74) is 3.62. The van der Waals surface area contributed by atoms with E-state index in [1.807, 2.05) is 69.4 Å². The number of halogens is 1. The predicted octanol–water partition coefficient (Wildman–Crippen LogP) is 9.07. The molecular formula is C31H50FNO. The number of hydrogen-bond acceptors (Lipinski definition) is 2. The Kier molecular flexibility index (Phi) is 11.8. The van der Waals surface area contributed by atoms with Gasteiger partial charge in [0.15, 0.2) is 0 Å². The van der Waals surface area contributed by atoms with E-state index >= 15 is 0 Å². The zero-order valence-electron chi connectivity index (χ0n) is 23.5. The molecule has 3 rings (SSSR count). The van der Waals surface area contributed by atoms with Gasteiger partial charge in [0.1, 0.15) is 19.0 Å². The SMILES string of the molecule is CC.CCC(C)C(C)(C)C(C)(C)C.CNC1(c2cccc(OCc3ccccc3)c2CF)CC1. The van der Waals surface area contributed by atoms with Crippen LogP contribution in [0.4, 0.5) is 4.39 Å². The van der Waals surface area contributed by atoms with E-state index in [2.05, 4.69) is 53.8 Å². The van der Waals surface area contributed by atoms with Gasteiger partial charge in [0, 0.05) is 11.1 Å². The molecule has 1 atom stereocenters. The molecule has 0 spiro atoms. The molecule has 34 heavy (non-hydrogen) atoms. The van der Waals surface area contributed by atoms with Gasteiger partial charge in [0.05, 0.1) is 0 Å². The number of ether oxygens (including phenoxy) is 1. The van der Waals surface area contributed by atoms with Gasteiger partial charge in [-0.3, -0.25) is 0 Å². The van der Waals surface area contributed by atoms with Crippen LogP contribution in [0, 0.1) is 16.7 Å². The summed E-state index contributed by atoms with van der Waals surface area (Å²) in [6, 6.07) is 15.8. The van der Waals surface area contributed by atoms with Crippen molar-refractivity contribution in [2.75, 3.05) is 7.05 Å². The van der Waals surface area contributed by atoms with Gasteiger partial charge in [-0.2, -0.15) is 0 Å². The first-order valence-electron chi connectivity index (χ1n) is 13.1. The highest BCUT2D eigenvalue weighted by molar-refractivity contribution is 5.46. The summed E-state index contributed by atoms with van der Waals surface area (Å²) in [5.74, 6) is 1.46. The quantitative estimate of drug-likeness (QED) is 0.414. The van der Waals surface area contributed by atoms with Crippen molar-refractivity contribution in [2.24, 2.45) is 16.7 Å². The molecule has 2 nitrogen and oxygen atoms in total. The maximum Gasteiger partial charge on any atom is 0.125 e. The van der Waals surface area contributed by atoms with Crippen LogP contribution in [0.25, 0.3) is 0 Å². The van der Waals surface area contributed by atoms with Gasteiger partial charge in [-0.05, 0) is 53.8 Å². The van der Waals surface area contributed by atoms with Gasteiger partial charge in [-0.1, -0.05) is 111 Å². The fourth-order valence-corrected chi connectivity index (χ4v) is 4.05. The van der Waals surface area contributed by atoms with Gasteiger partial charge in [0.2, 0.25) is 0 Å². The Hall–Kier alpha value is -1.87. The molecule has 1 fully saturated rings. The lowest BCUT2D eigenvalue weighted by atomic mass is 9.62. The standard InChI is InChI=1S/C18H20FNO.C11H24.C2H6/c1-20-18(10-11-18)16-8-5-9-17(15(16)12-19)21-13-14-6-3-2-4-7-14;1-8-9(2)11(6,7)10(3,4)5;1-2/h2-9,20H,10-13H2,1H3;9H,8H2,1-7H3;1-2H3. The van der Waals surface area contributed by atoms with Crippen molar-refractivity contribution in [3.05, 3.63) is 65.2 Å². The molecule has 0 amide bonds. The highest BCUT2D eigenvalue weighted by Crippen LogP contribution is 2.48. The highest BCUT2D eigenvalue weighted by Gasteiger charge is 2.44. The van der Waals surface area contributed by atoms with Crippen LogP contribution in [0.1, 0.15) is 98.3 Å². The molecule has 0 aliphatic heterocycles. The Morgan fingerprint density at radius 1 is 0.971 bits per heavy atom. The van der Waals surface area contributed by atoms with Crippen LogP contribution in [0.15, 0.2) is 48.5 Å². The van der Waals surface area contributed by atoms with E-state index in [-0.39, 0.29) is 5.54 Å². The van der Waals surface area contributed by atoms with E-state index in [4.69, 9.17) is 4.74 Å². The van der Waals surface area contributed by atoms with Gasteiger partial charge < -0.3 is 10.1 Å². The van der Waals surface area contributed by atoms with E-state index < -0.39 is 6.67 Å². The van der Waals surface area contributed by atoms with E-state index in [1.165, 1.54) is 6.42 Å². The zero-order chi connectivity index (χ0) is 26.0. The second-order valence-corrected chi connectivity index (χ2v) is 10.8. The lowest BCUT2D eigenvalue weighted by Crippen LogP contribution is -2.35. The molecule has 1 saturated carbocycles. The van der Waals surface area contributed by atoms with Crippen LogP contribution in [-0.2, 0) is 18.8 Å². The van der Waals surface area contributed by atoms with Gasteiger partial charge in [-0.25, -0.2) is 4.39 Å². The van der Waals surface area contributed by atoms with E-state index in [0.717, 1.165) is 29.9 Å². The van der Waals surface area contributed by atoms with Crippen molar-refractivity contribution in [1.29, 1.82) is 0 Å². The van der Waals surface area contributed by atoms with Crippen LogP contribution in [0.5, 0.6) is 5.75 Å². The van der Waals surface area contributed by atoms with Crippen molar-refractivity contribution in [3.8, 4) is 5.75 Å². The monoisotopic (exact) mass is 471 g/mol. The average molecular weight is 472 g/mol. The van der Waals surface area contributed by atoms with E-state index in [9.17, 15) is 4.39 Å². The predicted molar refractivity (Wildman–Crippen MR) is 146 cm³/mol. The third-order valence-electron chi connectivity index (χ3n) is 8.03. The van der Waals surface area contributed by atoms with Gasteiger partial charge in [0.25, 0.3) is 0 Å². The Bertz CT molecular complexity index is 834. The summed E-state index contributed by atoms with van der Waals surface area (Å²) < 4.78 is 19.4. The zero-order valence-corrected chi connectivity index (χ0v) is 23.5. The average Bonchev–Trinajstić information content (AvgIpc) is 3.64. The van der Waals surface area contributed by atoms with Crippen LogP contribution < -0.4 is 10.1 Å². The van der Waals surface area contributed by atoms with Crippen LogP contribution >= 0.6 is 0 Å². The summed E-state index contributed by atoms with van der Waals surface area (Å²) in [6.45, 7) is 20.3. The largest absolute Gasteiger partial charge is 0.489 e. The van der Waals surface area contributed by atoms with Crippen LogP contribution in [0.2, 0.25) is 0 Å². The van der Waals surface area contributed by atoms with Crippen molar-refractivity contribution >= 4 is 0 Å². The maximum absolute atomic E-state index is 13.6. The molecule has 192 valence electrons. The normalized spacial score (nSPS) is 15.3. The Balaban J connectivity index is 0.000000380. The lowest BCUT2D eigenvalue weighted by molar-refractivity contribution is 0.0619. The second-order valence-electron chi connectivity index (χ2n) is 10.8. The smallest absolute Gasteiger partial charge is 0.125 e. The number of rotatable bonds is 8. The van der Waals surface area contributed by atoms with Gasteiger partial charge in [-0.15, -0.1) is 0 Å². The molecule has 3 heteroatoms. The minimum atomic E-state index is -0.496. The highest BCUT2D eigenvalue weighted by atomic mass is 19.1. The van der Waals surface area contributed by atoms with Crippen molar-refractivity contribution in [2.45, 2.75) is 100 Å². The van der Waals surface area contributed by atoms with Crippen molar-refractivity contribution < 1.29 is 9.13 Å². The van der Waals surface area contributed by atoms with E-state index in [0.29, 0.717) is 28.7 Å². The number of hydrogen-bond donors (Lipinski definition) is 1. The maximum atomic E-state index is 13.6. The fraction of sp³-hybridized carbons (Fsp3) is 0.613. The molecule has 1 aliphatic rings. The topological polar surface area (TPSA) is 21.3 Å². The Labute approximate surface area is 209 Å². The summed E-state index contributed by atoms with van der Waals surface area (Å²) in [5, 5.41) is 3.32. The summed E-state index contributed by atoms with van der Waals surface area (Å²) in [7, 11) is 1.94. The lowest BCUT2D eigenvalue weighted by Gasteiger charge is -2.43. The summed E-state index contributed by atoms with van der Waals surface area (Å²) >= 11 is 0. The number of alkyl halides is 1.